The van der Waals surface area contributed by atoms with Gasteiger partial charge in [0.25, 0.3) is 11.9 Å². The Morgan fingerprint density at radius 2 is 2.04 bits per heavy atom. The number of para-hydroxylation sites is 1. The van der Waals surface area contributed by atoms with Gasteiger partial charge in [0.05, 0.1) is 5.56 Å². The second kappa shape index (κ2) is 7.86. The molecule has 0 saturated carbocycles. The fraction of sp³-hybridized carbons (Fsp3) is 0.600. The number of nitrogens with one attached hydrogen (secondary N) is 3. The Morgan fingerprint density at radius 1 is 1.26 bits per heavy atom. The number of hydrogen-bond donors (Lipinski definition) is 3. The van der Waals surface area contributed by atoms with Crippen LogP contribution in [0.15, 0.2) is 22.6 Å². The molecule has 1 aromatic heterocycles. The monoisotopic (exact) mass is 371 g/mol. The predicted octanol–water partition coefficient (Wildman–Crippen LogP) is 2.20. The topological polar surface area (TPSA) is 82.4 Å². The summed E-state index contributed by atoms with van der Waals surface area (Å²) in [6.07, 6.45) is 5.84. The van der Waals surface area contributed by atoms with Gasteiger partial charge in [-0.3, -0.25) is 4.79 Å². The molecule has 2 saturated heterocycles. The van der Waals surface area contributed by atoms with Gasteiger partial charge in [-0.25, -0.2) is 0 Å². The van der Waals surface area contributed by atoms with E-state index in [4.69, 9.17) is 4.42 Å². The van der Waals surface area contributed by atoms with Crippen molar-refractivity contribution in [3.63, 3.8) is 0 Å². The lowest BCUT2D eigenvalue weighted by Gasteiger charge is -2.47. The molecule has 27 heavy (non-hydrogen) atoms. The molecule has 2 atom stereocenters. The molecule has 1 aromatic carbocycles. The highest BCUT2D eigenvalue weighted by Crippen LogP contribution is 2.33. The Balaban J connectivity index is 1.47. The van der Waals surface area contributed by atoms with Crippen molar-refractivity contribution in [2.75, 3.05) is 32.5 Å². The molecular formula is C20H29N5O2. The third-order valence-corrected chi connectivity index (χ3v) is 5.99. The lowest BCUT2D eigenvalue weighted by molar-refractivity contribution is 0.0463. The van der Waals surface area contributed by atoms with E-state index in [1.54, 1.807) is 0 Å². The van der Waals surface area contributed by atoms with Gasteiger partial charge in [-0.1, -0.05) is 12.5 Å². The number of rotatable bonds is 6. The van der Waals surface area contributed by atoms with Gasteiger partial charge in [-0.05, 0) is 51.9 Å². The molecule has 2 unspecified atom stereocenters. The van der Waals surface area contributed by atoms with Crippen LogP contribution in [0.1, 0.15) is 42.5 Å². The zero-order valence-corrected chi connectivity index (χ0v) is 16.1. The van der Waals surface area contributed by atoms with Crippen LogP contribution in [0.5, 0.6) is 0 Å². The molecule has 2 aliphatic heterocycles. The number of oxazole rings is 1. The smallest absolute Gasteiger partial charge is 0.295 e. The summed E-state index contributed by atoms with van der Waals surface area (Å²) in [7, 11) is 4.12. The van der Waals surface area contributed by atoms with E-state index in [2.05, 4.69) is 32.9 Å². The van der Waals surface area contributed by atoms with Gasteiger partial charge in [0.15, 0.2) is 5.58 Å². The molecule has 2 aromatic rings. The van der Waals surface area contributed by atoms with Crippen LogP contribution >= 0.6 is 0 Å². The Hall–Kier alpha value is -2.12. The maximum absolute atomic E-state index is 13.0. The molecule has 4 rings (SSSR count). The quantitative estimate of drug-likeness (QED) is 0.676. The molecule has 0 spiro atoms. The van der Waals surface area contributed by atoms with Crippen molar-refractivity contribution in [2.24, 2.45) is 0 Å². The van der Waals surface area contributed by atoms with Crippen molar-refractivity contribution in [1.82, 2.24) is 20.5 Å². The van der Waals surface area contributed by atoms with Gasteiger partial charge in [0.1, 0.15) is 5.52 Å². The number of fused-ring (bicyclic) bond motifs is 3. The predicted molar refractivity (Wildman–Crippen MR) is 106 cm³/mol. The number of benzene rings is 1. The number of nitrogens with zero attached hydrogens (tertiary/aromatic N) is 2. The summed E-state index contributed by atoms with van der Waals surface area (Å²) < 4.78 is 5.73. The van der Waals surface area contributed by atoms with Crippen molar-refractivity contribution < 1.29 is 9.21 Å². The van der Waals surface area contributed by atoms with Crippen LogP contribution in [-0.2, 0) is 0 Å². The molecule has 0 aliphatic carbocycles. The van der Waals surface area contributed by atoms with E-state index in [1.165, 1.54) is 19.3 Å². The van der Waals surface area contributed by atoms with Crippen LogP contribution in [-0.4, -0.2) is 61.1 Å². The fourth-order valence-electron chi connectivity index (χ4n) is 4.50. The molecule has 3 heterocycles. The zero-order valence-electron chi connectivity index (χ0n) is 16.1. The molecular weight excluding hydrogens is 342 g/mol. The summed E-state index contributed by atoms with van der Waals surface area (Å²) in [4.78, 5) is 20.0. The fourth-order valence-corrected chi connectivity index (χ4v) is 4.50. The van der Waals surface area contributed by atoms with Crippen molar-refractivity contribution in [3.8, 4) is 0 Å². The van der Waals surface area contributed by atoms with Gasteiger partial charge in [-0.15, -0.1) is 0 Å². The van der Waals surface area contributed by atoms with E-state index in [-0.39, 0.29) is 11.9 Å². The van der Waals surface area contributed by atoms with Gasteiger partial charge in [0.2, 0.25) is 0 Å². The second-order valence-corrected chi connectivity index (χ2v) is 7.75. The van der Waals surface area contributed by atoms with E-state index < -0.39 is 0 Å². The molecule has 0 radical (unpaired) electrons. The summed E-state index contributed by atoms with van der Waals surface area (Å²) in [5.74, 6) is -0.0525. The van der Waals surface area contributed by atoms with Crippen LogP contribution in [0.2, 0.25) is 0 Å². The van der Waals surface area contributed by atoms with Crippen LogP contribution in [0.4, 0.5) is 6.01 Å². The number of piperidine rings is 2. The SMILES string of the molecule is CNCCNc1nc2c(C(=O)NC3CC4CCCC(C3)N4C)cccc2o1. The van der Waals surface area contributed by atoms with Crippen molar-refractivity contribution >= 4 is 23.0 Å². The van der Waals surface area contributed by atoms with Gasteiger partial charge < -0.3 is 25.3 Å². The normalized spacial score (nSPS) is 25.5. The Bertz CT molecular complexity index is 791. The summed E-state index contributed by atoms with van der Waals surface area (Å²) >= 11 is 0. The lowest BCUT2D eigenvalue weighted by atomic mass is 9.82. The van der Waals surface area contributed by atoms with Crippen LogP contribution in [0.25, 0.3) is 11.1 Å². The molecule has 7 nitrogen and oxygen atoms in total. The molecule has 2 bridgehead atoms. The molecule has 2 fully saturated rings. The van der Waals surface area contributed by atoms with Gasteiger partial charge in [-0.2, -0.15) is 4.98 Å². The summed E-state index contributed by atoms with van der Waals surface area (Å²) in [5.41, 5.74) is 1.84. The Morgan fingerprint density at radius 3 is 2.78 bits per heavy atom. The zero-order chi connectivity index (χ0) is 18.8. The number of likely N-dealkylation sites (N-methyl/N-ethyl adjacent to an activating group) is 1. The van der Waals surface area contributed by atoms with E-state index >= 15 is 0 Å². The maximum atomic E-state index is 13.0. The second-order valence-electron chi connectivity index (χ2n) is 7.75. The molecule has 146 valence electrons. The first-order valence-corrected chi connectivity index (χ1v) is 9.96. The third-order valence-electron chi connectivity index (χ3n) is 5.99. The standard InChI is InChI=1S/C20H29N5O2/c1-21-9-10-22-20-24-18-16(7-4-8-17(18)27-20)19(26)23-13-11-14-5-3-6-15(12-13)25(14)2/h4,7-8,13-15,21H,3,5-6,9-12H2,1-2H3,(H,22,24)(H,23,26). The minimum Gasteiger partial charge on any atom is -0.424 e. The molecule has 1 amide bonds. The van der Waals surface area contributed by atoms with E-state index in [9.17, 15) is 4.79 Å². The van der Waals surface area contributed by atoms with Crippen molar-refractivity contribution in [3.05, 3.63) is 23.8 Å². The number of carbonyl (C=O) groups is 1. The maximum Gasteiger partial charge on any atom is 0.295 e. The molecule has 3 N–H and O–H groups in total. The first-order valence-electron chi connectivity index (χ1n) is 9.96. The highest BCUT2D eigenvalue weighted by atomic mass is 16.4. The Labute approximate surface area is 159 Å². The average molecular weight is 371 g/mol. The van der Waals surface area contributed by atoms with Crippen molar-refractivity contribution in [2.45, 2.75) is 50.2 Å². The number of hydrogen-bond acceptors (Lipinski definition) is 6. The van der Waals surface area contributed by atoms with Gasteiger partial charge >= 0.3 is 0 Å². The summed E-state index contributed by atoms with van der Waals surface area (Å²) in [6, 6.07) is 7.40. The number of aromatic nitrogens is 1. The van der Waals surface area contributed by atoms with E-state index in [1.807, 2.05) is 25.2 Å². The van der Waals surface area contributed by atoms with Crippen LogP contribution in [0.3, 0.4) is 0 Å². The van der Waals surface area contributed by atoms with E-state index in [0.717, 1.165) is 19.4 Å². The van der Waals surface area contributed by atoms with Crippen molar-refractivity contribution in [1.29, 1.82) is 0 Å². The largest absolute Gasteiger partial charge is 0.424 e. The molecule has 7 heteroatoms. The first kappa shape index (κ1) is 18.3. The minimum absolute atomic E-state index is 0.0525. The summed E-state index contributed by atoms with van der Waals surface area (Å²) in [5, 5.41) is 9.46. The minimum atomic E-state index is -0.0525. The van der Waals surface area contributed by atoms with Crippen LogP contribution in [0, 0.1) is 0 Å². The first-order chi connectivity index (χ1) is 13.2. The van der Waals surface area contributed by atoms with Gasteiger partial charge in [0, 0.05) is 31.2 Å². The molecule has 2 aliphatic rings. The van der Waals surface area contributed by atoms with E-state index in [0.29, 0.717) is 41.3 Å². The van der Waals surface area contributed by atoms with Crippen LogP contribution < -0.4 is 16.0 Å². The number of amides is 1. The number of anilines is 1. The lowest BCUT2D eigenvalue weighted by Crippen LogP contribution is -2.55. The average Bonchev–Trinajstić information content (AvgIpc) is 3.05. The summed E-state index contributed by atoms with van der Waals surface area (Å²) in [6.45, 7) is 1.52. The number of carbonyl (C=O) groups excluding carboxylic acids is 1. The Kier molecular flexibility index (Phi) is 5.31. The third kappa shape index (κ3) is 3.80. The highest BCUT2D eigenvalue weighted by Gasteiger charge is 2.36. The highest BCUT2D eigenvalue weighted by molar-refractivity contribution is 6.04.